The fourth-order valence-electron chi connectivity index (χ4n) is 1.82. The first-order valence-corrected chi connectivity index (χ1v) is 7.47. The summed E-state index contributed by atoms with van der Waals surface area (Å²) in [6, 6.07) is 10.9. The molecule has 6 nitrogen and oxygen atoms in total. The van der Waals surface area contributed by atoms with E-state index < -0.39 is 10.9 Å². The molecule has 0 N–H and O–H groups in total. The zero-order chi connectivity index (χ0) is 16.1. The lowest BCUT2D eigenvalue weighted by atomic mass is 10.2. The van der Waals surface area contributed by atoms with E-state index in [0.717, 1.165) is 0 Å². The molecule has 0 heterocycles. The van der Waals surface area contributed by atoms with Crippen LogP contribution in [0, 0.1) is 10.1 Å². The second-order valence-corrected chi connectivity index (χ2v) is 5.03. The monoisotopic (exact) mass is 319 g/mol. The van der Waals surface area contributed by atoms with Crippen LogP contribution in [0.25, 0.3) is 0 Å². The number of ether oxygens (including phenoxy) is 2. The van der Waals surface area contributed by atoms with Crippen molar-refractivity contribution in [1.82, 2.24) is 0 Å². The molecule has 2 aromatic carbocycles. The number of nitro benzene ring substituents is 1. The highest BCUT2D eigenvalue weighted by Crippen LogP contribution is 2.30. The summed E-state index contributed by atoms with van der Waals surface area (Å²) < 4.78 is 10.3. The minimum Gasteiger partial charge on any atom is -0.493 e. The number of carbonyl (C=O) groups is 1. The smallest absolute Gasteiger partial charge is 0.343 e. The Balaban J connectivity index is 2.30. The summed E-state index contributed by atoms with van der Waals surface area (Å²) in [5.41, 5.74) is -0.0163. The van der Waals surface area contributed by atoms with Gasteiger partial charge >= 0.3 is 5.97 Å². The molecule has 0 aliphatic carbocycles. The number of esters is 1. The Morgan fingerprint density at radius 3 is 2.45 bits per heavy atom. The Morgan fingerprint density at radius 1 is 1.18 bits per heavy atom. The number of benzene rings is 2. The number of methoxy groups -OCH3 is 1. The zero-order valence-corrected chi connectivity index (χ0v) is 12.8. The number of carbonyl (C=O) groups excluding carboxylic acids is 1. The van der Waals surface area contributed by atoms with Gasteiger partial charge in [0.2, 0.25) is 0 Å². The normalized spacial score (nSPS) is 10.1. The third-order valence-electron chi connectivity index (χ3n) is 2.88. The second-order valence-electron chi connectivity index (χ2n) is 4.18. The number of rotatable bonds is 5. The molecule has 0 aliphatic heterocycles. The van der Waals surface area contributed by atoms with Crippen molar-refractivity contribution < 1.29 is 19.2 Å². The molecule has 0 aromatic heterocycles. The van der Waals surface area contributed by atoms with Crippen molar-refractivity contribution in [3.05, 3.63) is 58.1 Å². The largest absolute Gasteiger partial charge is 0.493 e. The highest BCUT2D eigenvalue weighted by atomic mass is 32.2. The maximum absolute atomic E-state index is 12.1. The fraction of sp³-hybridized carbons (Fsp3) is 0.133. The molecule has 7 heteroatoms. The Labute approximate surface area is 131 Å². The van der Waals surface area contributed by atoms with Crippen LogP contribution in [-0.2, 0) is 0 Å². The maximum atomic E-state index is 12.1. The number of hydrogen-bond donors (Lipinski definition) is 0. The molecule has 114 valence electrons. The molecule has 2 rings (SSSR count). The van der Waals surface area contributed by atoms with Gasteiger partial charge in [-0.05, 0) is 30.5 Å². The van der Waals surface area contributed by atoms with Gasteiger partial charge in [-0.2, -0.15) is 0 Å². The molecule has 0 radical (unpaired) electrons. The van der Waals surface area contributed by atoms with Crippen LogP contribution in [0.2, 0.25) is 0 Å². The van der Waals surface area contributed by atoms with Gasteiger partial charge < -0.3 is 9.47 Å². The second kappa shape index (κ2) is 6.95. The summed E-state index contributed by atoms with van der Waals surface area (Å²) in [7, 11) is 1.46. The van der Waals surface area contributed by atoms with Crippen molar-refractivity contribution in [2.24, 2.45) is 0 Å². The van der Waals surface area contributed by atoms with Gasteiger partial charge in [0.05, 0.1) is 22.5 Å². The topological polar surface area (TPSA) is 78.7 Å². The minimum absolute atomic E-state index is 0.107. The first-order valence-electron chi connectivity index (χ1n) is 6.24. The minimum atomic E-state index is -0.680. The van der Waals surface area contributed by atoms with E-state index in [-0.39, 0.29) is 17.0 Å². The van der Waals surface area contributed by atoms with Crippen molar-refractivity contribution in [3.63, 3.8) is 0 Å². The summed E-state index contributed by atoms with van der Waals surface area (Å²) in [6.45, 7) is 0. The van der Waals surface area contributed by atoms with Crippen LogP contribution in [0.1, 0.15) is 10.4 Å². The fourth-order valence-corrected chi connectivity index (χ4v) is 2.37. The van der Waals surface area contributed by atoms with Gasteiger partial charge in [-0.15, -0.1) is 11.8 Å². The summed E-state index contributed by atoms with van der Waals surface area (Å²) >= 11 is 1.24. The van der Waals surface area contributed by atoms with Gasteiger partial charge in [0.25, 0.3) is 5.69 Å². The van der Waals surface area contributed by atoms with E-state index >= 15 is 0 Å². The van der Waals surface area contributed by atoms with Crippen LogP contribution in [0.5, 0.6) is 11.5 Å². The van der Waals surface area contributed by atoms with Gasteiger partial charge in [-0.3, -0.25) is 10.1 Å². The van der Waals surface area contributed by atoms with Gasteiger partial charge in [0, 0.05) is 6.07 Å². The Bertz CT molecular complexity index is 717. The molecule has 2 aromatic rings. The summed E-state index contributed by atoms with van der Waals surface area (Å²) in [5.74, 6) is -0.0158. The van der Waals surface area contributed by atoms with Crippen LogP contribution in [0.3, 0.4) is 0 Å². The zero-order valence-electron chi connectivity index (χ0n) is 11.9. The summed E-state index contributed by atoms with van der Waals surface area (Å²) in [6.07, 6.45) is 1.73. The molecule has 0 saturated carbocycles. The first kappa shape index (κ1) is 15.8. The predicted octanol–water partition coefficient (Wildman–Crippen LogP) is 3.54. The number of thioether (sulfide) groups is 1. The molecule has 0 fully saturated rings. The Kier molecular flexibility index (Phi) is 5.00. The van der Waals surface area contributed by atoms with Gasteiger partial charge in [0.1, 0.15) is 0 Å². The standard InChI is InChI=1S/C15H13NO5S/c1-20-12-5-3-4-6-13(12)21-15(17)10-7-8-14(22-2)11(9-10)16(18)19/h3-9H,1-2H3. The molecule has 0 spiro atoms. The first-order chi connectivity index (χ1) is 10.6. The maximum Gasteiger partial charge on any atom is 0.343 e. The average Bonchev–Trinajstić information content (AvgIpc) is 2.54. The van der Waals surface area contributed by atoms with Crippen LogP contribution < -0.4 is 9.47 Å². The molecule has 0 unspecified atom stereocenters. The molecule has 0 amide bonds. The van der Waals surface area contributed by atoms with Crippen molar-refractivity contribution in [2.45, 2.75) is 4.90 Å². The number of para-hydroxylation sites is 2. The van der Waals surface area contributed by atoms with Crippen molar-refractivity contribution >= 4 is 23.4 Å². The van der Waals surface area contributed by atoms with Gasteiger partial charge in [-0.25, -0.2) is 4.79 Å². The molecule has 0 aliphatic rings. The van der Waals surface area contributed by atoms with Crippen molar-refractivity contribution in [2.75, 3.05) is 13.4 Å². The molecule has 0 bridgehead atoms. The van der Waals surface area contributed by atoms with Crippen LogP contribution in [0.15, 0.2) is 47.4 Å². The van der Waals surface area contributed by atoms with E-state index in [1.807, 2.05) is 0 Å². The van der Waals surface area contributed by atoms with E-state index in [2.05, 4.69) is 0 Å². The molecule has 22 heavy (non-hydrogen) atoms. The Hall–Kier alpha value is -2.54. The van der Waals surface area contributed by atoms with Gasteiger partial charge in [-0.1, -0.05) is 12.1 Å². The van der Waals surface area contributed by atoms with E-state index in [4.69, 9.17) is 9.47 Å². The third kappa shape index (κ3) is 3.37. The summed E-state index contributed by atoms with van der Waals surface area (Å²) in [5, 5.41) is 11.0. The SMILES string of the molecule is COc1ccccc1OC(=O)c1ccc(SC)c([N+](=O)[O-])c1. The lowest BCUT2D eigenvalue weighted by molar-refractivity contribution is -0.387. The van der Waals surface area contributed by atoms with Gasteiger partial charge in [0.15, 0.2) is 11.5 Å². The number of nitro groups is 1. The molecule has 0 atom stereocenters. The summed E-state index contributed by atoms with van der Waals surface area (Å²) in [4.78, 5) is 23.1. The van der Waals surface area contributed by atoms with Crippen LogP contribution in [0.4, 0.5) is 5.69 Å². The van der Waals surface area contributed by atoms with E-state index in [0.29, 0.717) is 10.6 Å². The van der Waals surface area contributed by atoms with E-state index in [1.165, 1.54) is 37.1 Å². The van der Waals surface area contributed by atoms with E-state index in [1.54, 1.807) is 30.5 Å². The number of nitrogens with zero attached hydrogens (tertiary/aromatic N) is 1. The lowest BCUT2D eigenvalue weighted by Crippen LogP contribution is -2.09. The predicted molar refractivity (Wildman–Crippen MR) is 82.8 cm³/mol. The van der Waals surface area contributed by atoms with Crippen LogP contribution in [-0.4, -0.2) is 24.3 Å². The van der Waals surface area contributed by atoms with E-state index in [9.17, 15) is 14.9 Å². The van der Waals surface area contributed by atoms with Crippen molar-refractivity contribution in [1.29, 1.82) is 0 Å². The highest BCUT2D eigenvalue weighted by Gasteiger charge is 2.19. The molecular formula is C15H13NO5S. The van der Waals surface area contributed by atoms with Crippen LogP contribution >= 0.6 is 11.8 Å². The molecule has 0 saturated heterocycles. The average molecular weight is 319 g/mol. The molecular weight excluding hydrogens is 306 g/mol. The quantitative estimate of drug-likeness (QED) is 0.276. The lowest BCUT2D eigenvalue weighted by Gasteiger charge is -2.09. The number of hydrogen-bond acceptors (Lipinski definition) is 6. The Morgan fingerprint density at radius 2 is 1.86 bits per heavy atom. The van der Waals surface area contributed by atoms with Crippen molar-refractivity contribution in [3.8, 4) is 11.5 Å². The highest BCUT2D eigenvalue weighted by molar-refractivity contribution is 7.98. The third-order valence-corrected chi connectivity index (χ3v) is 3.67.